The van der Waals surface area contributed by atoms with Crippen molar-refractivity contribution in [2.45, 2.75) is 45.1 Å². The molecule has 28 heavy (non-hydrogen) atoms. The third-order valence-corrected chi connectivity index (χ3v) is 5.69. The first kappa shape index (κ1) is 18.5. The van der Waals surface area contributed by atoms with E-state index in [-0.39, 0.29) is 48.4 Å². The van der Waals surface area contributed by atoms with Crippen molar-refractivity contribution in [2.75, 3.05) is 17.2 Å². The lowest BCUT2D eigenvalue weighted by molar-refractivity contribution is -0.140. The predicted molar refractivity (Wildman–Crippen MR) is 101 cm³/mol. The maximum absolute atomic E-state index is 12.5. The molecule has 4 rings (SSSR count). The van der Waals surface area contributed by atoms with Crippen LogP contribution in [0, 0.1) is 11.8 Å². The Morgan fingerprint density at radius 1 is 1.18 bits per heavy atom. The molecule has 3 aliphatic rings. The standard InChI is InChI=1S/C20H23N3O5/c1-11-18(25)22-15-10-12(6-7-16(15)28-11)21-17(24)8-9-23-19(26)13-4-2-3-5-14(13)20(23)27/h6-7,10-11,13-14H,2-5,8-9H2,1H3,(H,21,24)(H,22,25)/t11-,13-,14+/m1/s1. The molecule has 1 saturated carbocycles. The first-order chi connectivity index (χ1) is 13.4. The lowest BCUT2D eigenvalue weighted by Crippen LogP contribution is -2.34. The summed E-state index contributed by atoms with van der Waals surface area (Å²) in [6, 6.07) is 4.98. The minimum atomic E-state index is -0.563. The van der Waals surface area contributed by atoms with Crippen LogP contribution in [0.3, 0.4) is 0 Å². The Labute approximate surface area is 162 Å². The van der Waals surface area contributed by atoms with E-state index in [1.165, 1.54) is 4.90 Å². The normalized spacial score (nSPS) is 26.2. The topological polar surface area (TPSA) is 105 Å². The number of imide groups is 1. The minimum absolute atomic E-state index is 0.0356. The van der Waals surface area contributed by atoms with Crippen molar-refractivity contribution in [3.8, 4) is 5.75 Å². The van der Waals surface area contributed by atoms with E-state index in [2.05, 4.69) is 10.6 Å². The van der Waals surface area contributed by atoms with E-state index in [0.717, 1.165) is 25.7 Å². The number of fused-ring (bicyclic) bond motifs is 2. The number of likely N-dealkylation sites (tertiary alicyclic amines) is 1. The van der Waals surface area contributed by atoms with Crippen LogP contribution in [0.5, 0.6) is 5.75 Å². The molecule has 1 aliphatic carbocycles. The van der Waals surface area contributed by atoms with Gasteiger partial charge >= 0.3 is 0 Å². The van der Waals surface area contributed by atoms with E-state index in [0.29, 0.717) is 17.1 Å². The number of benzene rings is 1. The molecule has 0 unspecified atom stereocenters. The lowest BCUT2D eigenvalue weighted by Gasteiger charge is -2.23. The Morgan fingerprint density at radius 2 is 1.86 bits per heavy atom. The third kappa shape index (κ3) is 3.34. The van der Waals surface area contributed by atoms with Gasteiger partial charge in [-0.25, -0.2) is 0 Å². The van der Waals surface area contributed by atoms with Gasteiger partial charge in [0.1, 0.15) is 5.75 Å². The Kier molecular flexibility index (Phi) is 4.78. The number of ether oxygens (including phenoxy) is 1. The van der Waals surface area contributed by atoms with Crippen molar-refractivity contribution < 1.29 is 23.9 Å². The molecule has 2 heterocycles. The number of nitrogens with one attached hydrogen (secondary N) is 2. The summed E-state index contributed by atoms with van der Waals surface area (Å²) in [5.74, 6) is -0.668. The number of anilines is 2. The van der Waals surface area contributed by atoms with E-state index >= 15 is 0 Å². The highest BCUT2D eigenvalue weighted by Crippen LogP contribution is 2.38. The second-order valence-corrected chi connectivity index (χ2v) is 7.58. The summed E-state index contributed by atoms with van der Waals surface area (Å²) in [7, 11) is 0. The molecule has 148 valence electrons. The van der Waals surface area contributed by atoms with Crippen LogP contribution in [0.1, 0.15) is 39.0 Å². The average molecular weight is 385 g/mol. The number of carbonyl (C=O) groups is 4. The van der Waals surface area contributed by atoms with Crippen LogP contribution in [0.25, 0.3) is 0 Å². The summed E-state index contributed by atoms with van der Waals surface area (Å²) < 4.78 is 5.48. The largest absolute Gasteiger partial charge is 0.479 e. The summed E-state index contributed by atoms with van der Waals surface area (Å²) in [6.07, 6.45) is 2.96. The lowest BCUT2D eigenvalue weighted by atomic mass is 9.81. The molecule has 8 nitrogen and oxygen atoms in total. The molecule has 3 atom stereocenters. The Morgan fingerprint density at radius 3 is 2.54 bits per heavy atom. The van der Waals surface area contributed by atoms with Crippen LogP contribution in [-0.4, -0.2) is 41.2 Å². The summed E-state index contributed by atoms with van der Waals surface area (Å²) in [4.78, 5) is 50.2. The second kappa shape index (κ2) is 7.26. The predicted octanol–water partition coefficient (Wildman–Crippen LogP) is 1.91. The van der Waals surface area contributed by atoms with Gasteiger partial charge in [0.05, 0.1) is 17.5 Å². The highest BCUT2D eigenvalue weighted by molar-refractivity contribution is 6.05. The van der Waals surface area contributed by atoms with Crippen LogP contribution < -0.4 is 15.4 Å². The van der Waals surface area contributed by atoms with Crippen molar-refractivity contribution >= 4 is 35.0 Å². The van der Waals surface area contributed by atoms with Crippen LogP contribution in [0.15, 0.2) is 18.2 Å². The van der Waals surface area contributed by atoms with Crippen LogP contribution >= 0.6 is 0 Å². The highest BCUT2D eigenvalue weighted by Gasteiger charge is 2.47. The number of hydrogen-bond acceptors (Lipinski definition) is 5. The maximum atomic E-state index is 12.5. The second-order valence-electron chi connectivity index (χ2n) is 7.58. The van der Waals surface area contributed by atoms with Gasteiger partial charge in [0.2, 0.25) is 17.7 Å². The van der Waals surface area contributed by atoms with Gasteiger partial charge in [0.25, 0.3) is 5.91 Å². The molecule has 4 amide bonds. The summed E-state index contributed by atoms with van der Waals surface area (Å²) >= 11 is 0. The van der Waals surface area contributed by atoms with Crippen molar-refractivity contribution in [3.63, 3.8) is 0 Å². The first-order valence-electron chi connectivity index (χ1n) is 9.70. The molecule has 1 aromatic rings. The molecule has 0 aromatic heterocycles. The zero-order valence-corrected chi connectivity index (χ0v) is 15.7. The minimum Gasteiger partial charge on any atom is -0.479 e. The maximum Gasteiger partial charge on any atom is 0.265 e. The van der Waals surface area contributed by atoms with Gasteiger partial charge in [-0.2, -0.15) is 0 Å². The molecule has 8 heteroatoms. The molecule has 2 aliphatic heterocycles. The Hall–Kier alpha value is -2.90. The van der Waals surface area contributed by atoms with Gasteiger partial charge in [-0.15, -0.1) is 0 Å². The van der Waals surface area contributed by atoms with E-state index in [1.54, 1.807) is 25.1 Å². The van der Waals surface area contributed by atoms with Crippen molar-refractivity contribution in [1.29, 1.82) is 0 Å². The number of hydrogen-bond donors (Lipinski definition) is 2. The molecule has 0 radical (unpaired) electrons. The van der Waals surface area contributed by atoms with Gasteiger partial charge in [0, 0.05) is 18.7 Å². The van der Waals surface area contributed by atoms with E-state index in [1.807, 2.05) is 0 Å². The van der Waals surface area contributed by atoms with Crippen LogP contribution in [0.4, 0.5) is 11.4 Å². The van der Waals surface area contributed by atoms with Crippen molar-refractivity contribution in [1.82, 2.24) is 4.90 Å². The number of rotatable bonds is 4. The molecule has 1 aromatic carbocycles. The summed E-state index contributed by atoms with van der Waals surface area (Å²) in [5.41, 5.74) is 1.00. The SMILES string of the molecule is C[C@H]1Oc2ccc(NC(=O)CCN3C(=O)[C@H]4CCCC[C@H]4C3=O)cc2NC1=O. The summed E-state index contributed by atoms with van der Waals surface area (Å²) in [5, 5.41) is 5.47. The first-order valence-corrected chi connectivity index (χ1v) is 9.70. The van der Waals surface area contributed by atoms with Crippen molar-refractivity contribution in [3.05, 3.63) is 18.2 Å². The van der Waals surface area contributed by atoms with Gasteiger partial charge in [0.15, 0.2) is 6.10 Å². The molecule has 2 N–H and O–H groups in total. The van der Waals surface area contributed by atoms with Crippen molar-refractivity contribution in [2.24, 2.45) is 11.8 Å². The fourth-order valence-corrected chi connectivity index (χ4v) is 4.17. The fourth-order valence-electron chi connectivity index (χ4n) is 4.17. The number of amides is 4. The van der Waals surface area contributed by atoms with Gasteiger partial charge in [-0.1, -0.05) is 12.8 Å². The van der Waals surface area contributed by atoms with Crippen LogP contribution in [-0.2, 0) is 19.2 Å². The number of carbonyl (C=O) groups excluding carboxylic acids is 4. The third-order valence-electron chi connectivity index (χ3n) is 5.69. The monoisotopic (exact) mass is 385 g/mol. The van der Waals surface area contributed by atoms with Crippen LogP contribution in [0.2, 0.25) is 0 Å². The molecule has 0 spiro atoms. The molecular weight excluding hydrogens is 362 g/mol. The molecule has 1 saturated heterocycles. The smallest absolute Gasteiger partial charge is 0.265 e. The van der Waals surface area contributed by atoms with E-state index < -0.39 is 6.10 Å². The molecule has 2 fully saturated rings. The number of nitrogens with zero attached hydrogens (tertiary/aromatic N) is 1. The van der Waals surface area contributed by atoms with Gasteiger partial charge in [-0.3, -0.25) is 24.1 Å². The molecule has 0 bridgehead atoms. The van der Waals surface area contributed by atoms with E-state index in [9.17, 15) is 19.2 Å². The van der Waals surface area contributed by atoms with Gasteiger partial charge < -0.3 is 15.4 Å². The van der Waals surface area contributed by atoms with Gasteiger partial charge in [-0.05, 0) is 38.0 Å². The zero-order chi connectivity index (χ0) is 19.8. The highest BCUT2D eigenvalue weighted by atomic mass is 16.5. The summed E-state index contributed by atoms with van der Waals surface area (Å²) in [6.45, 7) is 1.75. The fraction of sp³-hybridized carbons (Fsp3) is 0.500. The van der Waals surface area contributed by atoms with E-state index in [4.69, 9.17) is 4.74 Å². The average Bonchev–Trinajstić information content (AvgIpc) is 2.92. The quantitative estimate of drug-likeness (QED) is 0.771. The Bertz CT molecular complexity index is 828. The Balaban J connectivity index is 1.35. The zero-order valence-electron chi connectivity index (χ0n) is 15.7. The molecular formula is C20H23N3O5.